The summed E-state index contributed by atoms with van der Waals surface area (Å²) in [6.07, 6.45) is 0.911. The van der Waals surface area contributed by atoms with Crippen molar-refractivity contribution in [3.05, 3.63) is 34.1 Å². The van der Waals surface area contributed by atoms with Crippen LogP contribution in [0.1, 0.15) is 13.3 Å². The molecule has 124 valence electrons. The van der Waals surface area contributed by atoms with E-state index < -0.39 is 0 Å². The summed E-state index contributed by atoms with van der Waals surface area (Å²) in [6, 6.07) is 7.15. The van der Waals surface area contributed by atoms with Crippen LogP contribution in [0.3, 0.4) is 0 Å². The van der Waals surface area contributed by atoms with E-state index in [0.29, 0.717) is 24.1 Å². The third-order valence-corrected chi connectivity index (χ3v) is 3.60. The monoisotopic (exact) mass is 354 g/mol. The summed E-state index contributed by atoms with van der Waals surface area (Å²) in [6.45, 7) is 3.33. The van der Waals surface area contributed by atoms with Crippen molar-refractivity contribution < 1.29 is 9.21 Å². The lowest BCUT2D eigenvalue weighted by Gasteiger charge is -2.15. The fraction of sp³-hybridized carbons (Fsp3) is 0.400. The lowest BCUT2D eigenvalue weighted by atomic mass is 10.2. The Labute approximate surface area is 145 Å². The van der Waals surface area contributed by atoms with Crippen molar-refractivity contribution in [2.45, 2.75) is 20.0 Å². The van der Waals surface area contributed by atoms with Gasteiger partial charge in [0.25, 0.3) is 4.84 Å². The van der Waals surface area contributed by atoms with Gasteiger partial charge in [-0.05, 0) is 50.0 Å². The number of aromatic nitrogens is 2. The van der Waals surface area contributed by atoms with Crippen LogP contribution in [0.15, 0.2) is 28.7 Å². The Morgan fingerprint density at radius 1 is 1.43 bits per heavy atom. The summed E-state index contributed by atoms with van der Waals surface area (Å²) in [4.78, 5) is 13.8. The maximum atomic E-state index is 11.7. The van der Waals surface area contributed by atoms with Gasteiger partial charge in [0.05, 0.1) is 13.2 Å². The predicted molar refractivity (Wildman–Crippen MR) is 91.7 cm³/mol. The zero-order valence-electron chi connectivity index (χ0n) is 13.1. The molecule has 0 aliphatic rings. The maximum Gasteiger partial charge on any atom is 0.288 e. The molecule has 0 unspecified atom stereocenters. The van der Waals surface area contributed by atoms with E-state index >= 15 is 0 Å². The predicted octanol–water partition coefficient (Wildman–Crippen LogP) is 2.94. The largest absolute Gasteiger partial charge is 0.409 e. The SMILES string of the molecule is CCCNC(=O)CN(C)Cn1nc(-c2ccc(Cl)cc2)oc1=S. The highest BCUT2D eigenvalue weighted by Gasteiger charge is 2.11. The van der Waals surface area contributed by atoms with Crippen LogP contribution in [0.5, 0.6) is 0 Å². The molecule has 1 aromatic carbocycles. The first-order valence-electron chi connectivity index (χ1n) is 7.28. The Kier molecular flexibility index (Phi) is 6.32. The van der Waals surface area contributed by atoms with Gasteiger partial charge in [-0.25, -0.2) is 4.68 Å². The summed E-state index contributed by atoms with van der Waals surface area (Å²) >= 11 is 11.0. The van der Waals surface area contributed by atoms with Crippen molar-refractivity contribution in [2.75, 3.05) is 20.1 Å². The summed E-state index contributed by atoms with van der Waals surface area (Å²) in [7, 11) is 1.82. The number of hydrogen-bond acceptors (Lipinski definition) is 5. The van der Waals surface area contributed by atoms with Crippen molar-refractivity contribution in [3.63, 3.8) is 0 Å². The van der Waals surface area contributed by atoms with Gasteiger partial charge in [-0.15, -0.1) is 5.10 Å². The Morgan fingerprint density at radius 3 is 2.78 bits per heavy atom. The van der Waals surface area contributed by atoms with Crippen molar-refractivity contribution in [1.82, 2.24) is 20.0 Å². The molecule has 0 radical (unpaired) electrons. The lowest BCUT2D eigenvalue weighted by Crippen LogP contribution is -2.36. The Balaban J connectivity index is 2.02. The van der Waals surface area contributed by atoms with Crippen molar-refractivity contribution in [1.29, 1.82) is 0 Å². The number of halogens is 1. The van der Waals surface area contributed by atoms with Crippen LogP contribution in [0.25, 0.3) is 11.5 Å². The number of rotatable bonds is 7. The fourth-order valence-electron chi connectivity index (χ4n) is 1.95. The summed E-state index contributed by atoms with van der Waals surface area (Å²) in [5.74, 6) is 0.401. The van der Waals surface area contributed by atoms with E-state index in [1.165, 1.54) is 0 Å². The minimum Gasteiger partial charge on any atom is -0.409 e. The molecular weight excluding hydrogens is 336 g/mol. The Hall–Kier alpha value is -1.70. The van der Waals surface area contributed by atoms with E-state index in [1.807, 2.05) is 31.0 Å². The summed E-state index contributed by atoms with van der Waals surface area (Å²) < 4.78 is 7.06. The van der Waals surface area contributed by atoms with E-state index in [1.54, 1.807) is 16.8 Å². The van der Waals surface area contributed by atoms with Gasteiger partial charge < -0.3 is 9.73 Å². The second kappa shape index (κ2) is 8.24. The molecule has 1 amide bonds. The van der Waals surface area contributed by atoms with Gasteiger partial charge in [0, 0.05) is 17.1 Å². The average molecular weight is 355 g/mol. The molecule has 23 heavy (non-hydrogen) atoms. The van der Waals surface area contributed by atoms with E-state index in [4.69, 9.17) is 28.2 Å². The van der Waals surface area contributed by atoms with E-state index in [2.05, 4.69) is 10.4 Å². The first-order valence-corrected chi connectivity index (χ1v) is 8.07. The van der Waals surface area contributed by atoms with Gasteiger partial charge in [0.15, 0.2) is 0 Å². The molecule has 0 aliphatic heterocycles. The number of nitrogens with zero attached hydrogens (tertiary/aromatic N) is 3. The van der Waals surface area contributed by atoms with Crippen molar-refractivity contribution in [3.8, 4) is 11.5 Å². The smallest absolute Gasteiger partial charge is 0.288 e. The highest BCUT2D eigenvalue weighted by Crippen LogP contribution is 2.20. The molecule has 0 bridgehead atoms. The molecule has 0 fully saturated rings. The molecule has 1 N–H and O–H groups in total. The van der Waals surface area contributed by atoms with Crippen molar-refractivity contribution in [2.24, 2.45) is 0 Å². The van der Waals surface area contributed by atoms with Crippen LogP contribution < -0.4 is 5.32 Å². The molecule has 1 aromatic heterocycles. The second-order valence-electron chi connectivity index (χ2n) is 5.19. The minimum atomic E-state index is -0.0257. The topological polar surface area (TPSA) is 63.3 Å². The summed E-state index contributed by atoms with van der Waals surface area (Å²) in [5.41, 5.74) is 0.794. The third-order valence-electron chi connectivity index (χ3n) is 3.06. The molecule has 8 heteroatoms. The number of likely N-dealkylation sites (N-methyl/N-ethyl adjacent to an activating group) is 1. The van der Waals surface area contributed by atoms with Crippen LogP contribution >= 0.6 is 23.8 Å². The zero-order valence-corrected chi connectivity index (χ0v) is 14.7. The quantitative estimate of drug-likeness (QED) is 0.774. The number of nitrogens with one attached hydrogen (secondary N) is 1. The van der Waals surface area contributed by atoms with Crippen LogP contribution in [0, 0.1) is 4.84 Å². The third kappa shape index (κ3) is 5.16. The number of amides is 1. The normalized spacial score (nSPS) is 11.0. The average Bonchev–Trinajstić information content (AvgIpc) is 2.86. The molecular formula is C15H19ClN4O2S. The summed E-state index contributed by atoms with van der Waals surface area (Å²) in [5, 5.41) is 7.82. The van der Waals surface area contributed by atoms with E-state index in [9.17, 15) is 4.79 Å². The molecule has 0 spiro atoms. The van der Waals surface area contributed by atoms with Gasteiger partial charge in [0.2, 0.25) is 11.8 Å². The van der Waals surface area contributed by atoms with E-state index in [-0.39, 0.29) is 17.3 Å². The van der Waals surface area contributed by atoms with Crippen LogP contribution in [0.4, 0.5) is 0 Å². The Bertz CT molecular complexity index is 711. The highest BCUT2D eigenvalue weighted by molar-refractivity contribution is 7.71. The number of benzene rings is 1. The van der Waals surface area contributed by atoms with Gasteiger partial charge >= 0.3 is 0 Å². The fourth-order valence-corrected chi connectivity index (χ4v) is 2.25. The van der Waals surface area contributed by atoms with Gasteiger partial charge in [-0.3, -0.25) is 9.69 Å². The second-order valence-corrected chi connectivity index (χ2v) is 5.97. The zero-order chi connectivity index (χ0) is 16.8. The van der Waals surface area contributed by atoms with Crippen LogP contribution in [0.2, 0.25) is 5.02 Å². The first-order chi connectivity index (χ1) is 11.0. The van der Waals surface area contributed by atoms with Gasteiger partial charge in [-0.2, -0.15) is 0 Å². The molecule has 2 aromatic rings. The van der Waals surface area contributed by atoms with Crippen molar-refractivity contribution >= 4 is 29.7 Å². The molecule has 1 heterocycles. The molecule has 6 nitrogen and oxygen atoms in total. The molecule has 2 rings (SSSR count). The first kappa shape index (κ1) is 17.7. The molecule has 0 atom stereocenters. The maximum absolute atomic E-state index is 11.7. The molecule has 0 saturated heterocycles. The number of carbonyl (C=O) groups is 1. The molecule has 0 aliphatic carbocycles. The van der Waals surface area contributed by atoms with E-state index in [0.717, 1.165) is 12.0 Å². The standard InChI is InChI=1S/C15H19ClN4O2S/c1-3-8-17-13(21)9-19(2)10-20-15(23)22-14(18-20)11-4-6-12(16)7-5-11/h4-7H,3,8-10H2,1-2H3,(H,17,21). The van der Waals surface area contributed by atoms with Crippen LogP contribution in [-0.2, 0) is 11.5 Å². The van der Waals surface area contributed by atoms with Gasteiger partial charge in [-0.1, -0.05) is 18.5 Å². The minimum absolute atomic E-state index is 0.0257. The number of hydrogen-bond donors (Lipinski definition) is 1. The van der Waals surface area contributed by atoms with Crippen LogP contribution in [-0.4, -0.2) is 40.7 Å². The van der Waals surface area contributed by atoms with Gasteiger partial charge in [0.1, 0.15) is 0 Å². The lowest BCUT2D eigenvalue weighted by molar-refractivity contribution is -0.122. The highest BCUT2D eigenvalue weighted by atomic mass is 35.5. The Morgan fingerprint density at radius 2 is 2.13 bits per heavy atom. The number of carbonyl (C=O) groups excluding carboxylic acids is 1. The molecule has 0 saturated carbocycles.